The van der Waals surface area contributed by atoms with Crippen molar-refractivity contribution in [2.75, 3.05) is 23.7 Å². The fraction of sp³-hybridized carbons (Fsp3) is 0.545. The van der Waals surface area contributed by atoms with E-state index in [1.165, 1.54) is 18.5 Å². The molecule has 14 heavy (non-hydrogen) atoms. The van der Waals surface area contributed by atoms with Gasteiger partial charge >= 0.3 is 0 Å². The third kappa shape index (κ3) is 1.81. The number of aromatic nitrogens is 1. The lowest BCUT2D eigenvalue weighted by molar-refractivity contribution is 0.569. The molecule has 3 nitrogen and oxygen atoms in total. The Morgan fingerprint density at radius 1 is 1.57 bits per heavy atom. The summed E-state index contributed by atoms with van der Waals surface area (Å²) in [6.07, 6.45) is 6.16. The van der Waals surface area contributed by atoms with Crippen LogP contribution >= 0.6 is 0 Å². The van der Waals surface area contributed by atoms with Crippen molar-refractivity contribution in [1.29, 1.82) is 0 Å². The highest BCUT2D eigenvalue weighted by Crippen LogP contribution is 2.25. The molecule has 0 aliphatic carbocycles. The molecule has 2 rings (SSSR count). The van der Waals surface area contributed by atoms with Gasteiger partial charge in [0.25, 0.3) is 0 Å². The molecule has 2 N–H and O–H groups in total. The quantitative estimate of drug-likeness (QED) is 0.776. The van der Waals surface area contributed by atoms with Crippen LogP contribution in [0.15, 0.2) is 18.5 Å². The topological polar surface area (TPSA) is 42.2 Å². The van der Waals surface area contributed by atoms with Crippen molar-refractivity contribution in [1.82, 2.24) is 4.98 Å². The zero-order valence-corrected chi connectivity index (χ0v) is 8.61. The predicted octanol–water partition coefficient (Wildman–Crippen LogP) is 1.90. The lowest BCUT2D eigenvalue weighted by Crippen LogP contribution is -2.19. The second-order valence-corrected chi connectivity index (χ2v) is 3.99. The zero-order chi connectivity index (χ0) is 9.97. The van der Waals surface area contributed by atoms with E-state index in [1.54, 1.807) is 6.20 Å². The minimum atomic E-state index is 0.752. The van der Waals surface area contributed by atoms with Crippen LogP contribution in [0, 0.1) is 5.92 Å². The van der Waals surface area contributed by atoms with E-state index in [4.69, 9.17) is 5.73 Å². The van der Waals surface area contributed by atoms with E-state index in [9.17, 15) is 0 Å². The van der Waals surface area contributed by atoms with E-state index in [-0.39, 0.29) is 0 Å². The summed E-state index contributed by atoms with van der Waals surface area (Å²) < 4.78 is 0. The Morgan fingerprint density at radius 3 is 3.07 bits per heavy atom. The largest absolute Gasteiger partial charge is 0.397 e. The van der Waals surface area contributed by atoms with Gasteiger partial charge in [-0.1, -0.05) is 13.3 Å². The molecule has 3 heteroatoms. The third-order valence-corrected chi connectivity index (χ3v) is 2.97. The van der Waals surface area contributed by atoms with Gasteiger partial charge in [0.1, 0.15) is 0 Å². The van der Waals surface area contributed by atoms with E-state index in [2.05, 4.69) is 16.8 Å². The molecule has 1 fully saturated rings. The third-order valence-electron chi connectivity index (χ3n) is 2.97. The number of nitrogens with zero attached hydrogens (tertiary/aromatic N) is 2. The Hall–Kier alpha value is -1.25. The highest BCUT2D eigenvalue weighted by atomic mass is 15.2. The maximum Gasteiger partial charge on any atom is 0.0573 e. The number of hydrogen-bond acceptors (Lipinski definition) is 3. The molecule has 0 amide bonds. The van der Waals surface area contributed by atoms with Gasteiger partial charge in [-0.3, -0.25) is 4.98 Å². The molecule has 1 aromatic heterocycles. The molecule has 1 aliphatic rings. The van der Waals surface area contributed by atoms with Gasteiger partial charge in [-0.15, -0.1) is 0 Å². The smallest absolute Gasteiger partial charge is 0.0573 e. The van der Waals surface area contributed by atoms with Crippen molar-refractivity contribution in [3.05, 3.63) is 18.5 Å². The monoisotopic (exact) mass is 191 g/mol. The molecule has 1 atom stereocenters. The second-order valence-electron chi connectivity index (χ2n) is 3.99. The minimum absolute atomic E-state index is 0.752. The first kappa shape index (κ1) is 9.31. The highest BCUT2D eigenvalue weighted by Gasteiger charge is 2.21. The van der Waals surface area contributed by atoms with Crippen LogP contribution in [-0.2, 0) is 0 Å². The molecule has 0 radical (unpaired) electrons. The molecule has 1 aliphatic heterocycles. The Labute approximate surface area is 84.9 Å². The Balaban J connectivity index is 2.09. The first-order valence-electron chi connectivity index (χ1n) is 5.25. The van der Waals surface area contributed by atoms with Crippen molar-refractivity contribution in [2.45, 2.75) is 19.8 Å². The minimum Gasteiger partial charge on any atom is -0.397 e. The van der Waals surface area contributed by atoms with Crippen LogP contribution in [0.4, 0.5) is 11.4 Å². The van der Waals surface area contributed by atoms with Gasteiger partial charge in [0, 0.05) is 19.3 Å². The van der Waals surface area contributed by atoms with E-state index in [0.717, 1.165) is 24.7 Å². The summed E-state index contributed by atoms with van der Waals surface area (Å²) in [7, 11) is 0. The van der Waals surface area contributed by atoms with E-state index < -0.39 is 0 Å². The molecule has 0 bridgehead atoms. The molecule has 76 valence electrons. The summed E-state index contributed by atoms with van der Waals surface area (Å²) in [6, 6.07) is 2.00. The molecule has 0 aromatic carbocycles. The second kappa shape index (κ2) is 3.86. The summed E-state index contributed by atoms with van der Waals surface area (Å²) in [5, 5.41) is 0. The standard InChI is InChI=1S/C11H17N3/c1-2-9-3-4-14(8-9)11-5-10(12)6-13-7-11/h5-7,9H,2-4,8,12H2,1H3. The molecular formula is C11H17N3. The maximum atomic E-state index is 5.70. The number of rotatable bonds is 2. The van der Waals surface area contributed by atoms with Crippen LogP contribution in [0.3, 0.4) is 0 Å². The Morgan fingerprint density at radius 2 is 2.43 bits per heavy atom. The van der Waals surface area contributed by atoms with Crippen LogP contribution in [0.2, 0.25) is 0 Å². The van der Waals surface area contributed by atoms with Crippen molar-refractivity contribution in [2.24, 2.45) is 5.92 Å². The normalized spacial score (nSPS) is 21.5. The van der Waals surface area contributed by atoms with Gasteiger partial charge in [0.05, 0.1) is 17.6 Å². The molecule has 1 saturated heterocycles. The van der Waals surface area contributed by atoms with Crippen LogP contribution in [0.1, 0.15) is 19.8 Å². The van der Waals surface area contributed by atoms with Gasteiger partial charge < -0.3 is 10.6 Å². The lowest BCUT2D eigenvalue weighted by atomic mass is 10.1. The molecule has 0 saturated carbocycles. The number of nitrogen functional groups attached to an aromatic ring is 1. The summed E-state index contributed by atoms with van der Waals surface area (Å²) in [5.41, 5.74) is 7.62. The van der Waals surface area contributed by atoms with Crippen LogP contribution in [0.25, 0.3) is 0 Å². The van der Waals surface area contributed by atoms with Crippen LogP contribution < -0.4 is 10.6 Å². The summed E-state index contributed by atoms with van der Waals surface area (Å²) >= 11 is 0. The fourth-order valence-corrected chi connectivity index (χ4v) is 2.02. The van der Waals surface area contributed by atoms with Gasteiger partial charge in [0.15, 0.2) is 0 Å². The predicted molar refractivity (Wildman–Crippen MR) is 59.3 cm³/mol. The molecule has 1 aromatic rings. The van der Waals surface area contributed by atoms with Gasteiger partial charge in [-0.2, -0.15) is 0 Å². The lowest BCUT2D eigenvalue weighted by Gasteiger charge is -2.18. The number of nitrogens with two attached hydrogens (primary N) is 1. The van der Waals surface area contributed by atoms with E-state index >= 15 is 0 Å². The molecular weight excluding hydrogens is 174 g/mol. The molecule has 1 unspecified atom stereocenters. The van der Waals surface area contributed by atoms with E-state index in [0.29, 0.717) is 0 Å². The first-order chi connectivity index (χ1) is 6.79. The Bertz CT molecular complexity index is 311. The average molecular weight is 191 g/mol. The summed E-state index contributed by atoms with van der Waals surface area (Å²) in [6.45, 7) is 4.55. The molecule has 2 heterocycles. The average Bonchev–Trinajstić information content (AvgIpc) is 2.66. The SMILES string of the molecule is CCC1CCN(c2cncc(N)c2)C1. The maximum absolute atomic E-state index is 5.70. The molecule has 0 spiro atoms. The first-order valence-corrected chi connectivity index (χ1v) is 5.25. The fourth-order valence-electron chi connectivity index (χ4n) is 2.02. The van der Waals surface area contributed by atoms with Crippen molar-refractivity contribution in [3.8, 4) is 0 Å². The van der Waals surface area contributed by atoms with Crippen molar-refractivity contribution < 1.29 is 0 Å². The highest BCUT2D eigenvalue weighted by molar-refractivity contribution is 5.53. The number of pyridine rings is 1. The van der Waals surface area contributed by atoms with Crippen molar-refractivity contribution >= 4 is 11.4 Å². The van der Waals surface area contributed by atoms with Crippen LogP contribution in [-0.4, -0.2) is 18.1 Å². The van der Waals surface area contributed by atoms with Crippen molar-refractivity contribution in [3.63, 3.8) is 0 Å². The van der Waals surface area contributed by atoms with E-state index in [1.807, 2.05) is 12.3 Å². The van der Waals surface area contributed by atoms with Gasteiger partial charge in [-0.25, -0.2) is 0 Å². The summed E-state index contributed by atoms with van der Waals surface area (Å²) in [5.74, 6) is 0.844. The Kier molecular flexibility index (Phi) is 2.57. The zero-order valence-electron chi connectivity index (χ0n) is 8.61. The number of hydrogen-bond donors (Lipinski definition) is 1. The number of anilines is 2. The van der Waals surface area contributed by atoms with Gasteiger partial charge in [0.2, 0.25) is 0 Å². The van der Waals surface area contributed by atoms with Crippen LogP contribution in [0.5, 0.6) is 0 Å². The van der Waals surface area contributed by atoms with Gasteiger partial charge in [-0.05, 0) is 18.4 Å². The summed E-state index contributed by atoms with van der Waals surface area (Å²) in [4.78, 5) is 6.49.